The number of nitrogens with two attached hydrogens (primary N) is 1. The van der Waals surface area contributed by atoms with Gasteiger partial charge in [0, 0.05) is 12.2 Å². The van der Waals surface area contributed by atoms with Gasteiger partial charge in [-0.05, 0) is 6.92 Å². The zero-order valence-corrected chi connectivity index (χ0v) is 6.11. The van der Waals surface area contributed by atoms with Crippen molar-refractivity contribution in [3.63, 3.8) is 0 Å². The Labute approximate surface area is 60.6 Å². The largest absolute Gasteiger partial charge is 0.385 e. The molecule has 0 atom stereocenters. The highest BCUT2D eigenvalue weighted by atomic mass is 16.1. The van der Waals surface area contributed by atoms with E-state index in [0.717, 1.165) is 0 Å². The number of hydrogen-bond donors (Lipinski definition) is 2. The number of hydrogen-bond acceptors (Lipinski definition) is 2. The SMILES string of the molecule is C=C(NCC)C(=C)C(N)=O. The van der Waals surface area contributed by atoms with E-state index in [4.69, 9.17) is 5.73 Å². The number of amides is 1. The Kier molecular flexibility index (Phi) is 3.25. The van der Waals surface area contributed by atoms with Crippen LogP contribution < -0.4 is 11.1 Å². The highest BCUT2D eigenvalue weighted by Gasteiger charge is 2.03. The van der Waals surface area contributed by atoms with Crippen molar-refractivity contribution in [1.82, 2.24) is 5.32 Å². The van der Waals surface area contributed by atoms with Crippen LogP contribution >= 0.6 is 0 Å². The second kappa shape index (κ2) is 3.71. The lowest BCUT2D eigenvalue weighted by Gasteiger charge is -2.05. The van der Waals surface area contributed by atoms with Crippen LogP contribution in [0.25, 0.3) is 0 Å². The van der Waals surface area contributed by atoms with Crippen LogP contribution in [-0.2, 0) is 4.79 Å². The Balaban J connectivity index is 3.96. The van der Waals surface area contributed by atoms with Crippen molar-refractivity contribution >= 4 is 5.91 Å². The van der Waals surface area contributed by atoms with Crippen LogP contribution in [0.2, 0.25) is 0 Å². The second-order valence-electron chi connectivity index (χ2n) is 1.85. The van der Waals surface area contributed by atoms with Gasteiger partial charge in [0.05, 0.1) is 5.57 Å². The smallest absolute Gasteiger partial charge is 0.250 e. The molecule has 0 radical (unpaired) electrons. The molecule has 0 fully saturated rings. The molecule has 0 aliphatic rings. The van der Waals surface area contributed by atoms with E-state index in [1.165, 1.54) is 0 Å². The molecule has 0 spiro atoms. The minimum Gasteiger partial charge on any atom is -0.385 e. The zero-order chi connectivity index (χ0) is 8.15. The van der Waals surface area contributed by atoms with Gasteiger partial charge in [-0.1, -0.05) is 13.2 Å². The molecule has 0 aliphatic carbocycles. The summed E-state index contributed by atoms with van der Waals surface area (Å²) < 4.78 is 0. The topological polar surface area (TPSA) is 55.1 Å². The lowest BCUT2D eigenvalue weighted by molar-refractivity contribution is -0.114. The van der Waals surface area contributed by atoms with E-state index in [1.807, 2.05) is 6.92 Å². The van der Waals surface area contributed by atoms with Crippen molar-refractivity contribution in [3.05, 3.63) is 24.4 Å². The van der Waals surface area contributed by atoms with Crippen molar-refractivity contribution in [2.45, 2.75) is 6.92 Å². The molecular formula is C7H12N2O. The lowest BCUT2D eigenvalue weighted by Crippen LogP contribution is -2.21. The second-order valence-corrected chi connectivity index (χ2v) is 1.85. The van der Waals surface area contributed by atoms with Gasteiger partial charge in [-0.25, -0.2) is 0 Å². The van der Waals surface area contributed by atoms with Crippen molar-refractivity contribution < 1.29 is 4.79 Å². The van der Waals surface area contributed by atoms with Gasteiger partial charge in [-0.15, -0.1) is 0 Å². The van der Waals surface area contributed by atoms with Crippen LogP contribution in [0.1, 0.15) is 6.92 Å². The third-order valence-corrected chi connectivity index (χ3v) is 1.05. The average Bonchev–Trinajstić information content (AvgIpc) is 1.87. The van der Waals surface area contributed by atoms with Gasteiger partial charge in [-0.2, -0.15) is 0 Å². The Morgan fingerprint density at radius 1 is 1.60 bits per heavy atom. The summed E-state index contributed by atoms with van der Waals surface area (Å²) in [7, 11) is 0. The normalized spacial score (nSPS) is 8.50. The fourth-order valence-electron chi connectivity index (χ4n) is 0.469. The first-order valence-corrected chi connectivity index (χ1v) is 3.01. The molecule has 0 bridgehead atoms. The zero-order valence-electron chi connectivity index (χ0n) is 6.11. The van der Waals surface area contributed by atoms with Gasteiger partial charge in [0.15, 0.2) is 0 Å². The van der Waals surface area contributed by atoms with E-state index in [9.17, 15) is 4.79 Å². The van der Waals surface area contributed by atoms with Crippen LogP contribution in [0.5, 0.6) is 0 Å². The van der Waals surface area contributed by atoms with Gasteiger partial charge in [0.25, 0.3) is 0 Å². The predicted molar refractivity (Wildman–Crippen MR) is 41.2 cm³/mol. The predicted octanol–water partition coefficient (Wildman–Crippen LogP) is 0.151. The third kappa shape index (κ3) is 2.35. The first-order chi connectivity index (χ1) is 4.59. The first-order valence-electron chi connectivity index (χ1n) is 3.01. The van der Waals surface area contributed by atoms with Crippen LogP contribution in [0, 0.1) is 0 Å². The average molecular weight is 140 g/mol. The van der Waals surface area contributed by atoms with Gasteiger partial charge in [0.1, 0.15) is 0 Å². The van der Waals surface area contributed by atoms with E-state index in [1.54, 1.807) is 0 Å². The molecule has 0 aliphatic heterocycles. The van der Waals surface area contributed by atoms with Gasteiger partial charge < -0.3 is 11.1 Å². The van der Waals surface area contributed by atoms with Gasteiger partial charge in [0.2, 0.25) is 5.91 Å². The molecule has 0 rings (SSSR count). The fourth-order valence-corrected chi connectivity index (χ4v) is 0.469. The van der Waals surface area contributed by atoms with Gasteiger partial charge >= 0.3 is 0 Å². The summed E-state index contributed by atoms with van der Waals surface area (Å²) in [6.45, 7) is 9.61. The van der Waals surface area contributed by atoms with E-state index < -0.39 is 5.91 Å². The number of carbonyl (C=O) groups excluding carboxylic acids is 1. The molecule has 0 unspecified atom stereocenters. The van der Waals surface area contributed by atoms with Crippen molar-refractivity contribution in [3.8, 4) is 0 Å². The molecule has 3 nitrogen and oxygen atoms in total. The minimum absolute atomic E-state index is 0.238. The maximum atomic E-state index is 10.4. The van der Waals surface area contributed by atoms with E-state index in [0.29, 0.717) is 12.2 Å². The highest BCUT2D eigenvalue weighted by Crippen LogP contribution is 1.98. The summed E-state index contributed by atoms with van der Waals surface area (Å²) in [4.78, 5) is 10.4. The van der Waals surface area contributed by atoms with E-state index in [2.05, 4.69) is 18.5 Å². The van der Waals surface area contributed by atoms with Crippen molar-refractivity contribution in [2.75, 3.05) is 6.54 Å². The van der Waals surface area contributed by atoms with Crippen molar-refractivity contribution in [1.29, 1.82) is 0 Å². The molecule has 3 N–H and O–H groups in total. The maximum absolute atomic E-state index is 10.4. The number of carbonyl (C=O) groups is 1. The molecule has 0 aromatic heterocycles. The molecular weight excluding hydrogens is 128 g/mol. The molecule has 3 heteroatoms. The number of nitrogens with one attached hydrogen (secondary N) is 1. The molecule has 10 heavy (non-hydrogen) atoms. The van der Waals surface area contributed by atoms with E-state index in [-0.39, 0.29) is 5.57 Å². The summed E-state index contributed by atoms with van der Waals surface area (Å²) in [5.74, 6) is -0.536. The van der Waals surface area contributed by atoms with Crippen molar-refractivity contribution in [2.24, 2.45) is 5.73 Å². The van der Waals surface area contributed by atoms with Crippen LogP contribution in [0.15, 0.2) is 24.4 Å². The molecule has 0 saturated carbocycles. The fraction of sp³-hybridized carbons (Fsp3) is 0.286. The van der Waals surface area contributed by atoms with Crippen LogP contribution in [0.4, 0.5) is 0 Å². The highest BCUT2D eigenvalue weighted by molar-refractivity contribution is 5.95. The molecule has 0 heterocycles. The Hall–Kier alpha value is -1.25. The Morgan fingerprint density at radius 2 is 2.10 bits per heavy atom. The standard InChI is InChI=1S/C7H12N2O/c1-4-9-6(3)5(2)7(8)10/h9H,2-4H2,1H3,(H2,8,10). The maximum Gasteiger partial charge on any atom is 0.250 e. The molecule has 0 aromatic rings. The summed E-state index contributed by atoms with van der Waals surface area (Å²) >= 11 is 0. The molecule has 56 valence electrons. The molecule has 1 amide bonds. The van der Waals surface area contributed by atoms with E-state index >= 15 is 0 Å². The van der Waals surface area contributed by atoms with Crippen LogP contribution in [-0.4, -0.2) is 12.5 Å². The third-order valence-electron chi connectivity index (χ3n) is 1.05. The number of primary amides is 1. The lowest BCUT2D eigenvalue weighted by atomic mass is 10.2. The number of rotatable bonds is 4. The summed E-state index contributed by atoms with van der Waals surface area (Å²) in [5.41, 5.74) is 5.66. The molecule has 0 saturated heterocycles. The quantitative estimate of drug-likeness (QED) is 0.431. The minimum atomic E-state index is -0.536. The van der Waals surface area contributed by atoms with Crippen LogP contribution in [0.3, 0.4) is 0 Å². The van der Waals surface area contributed by atoms with Gasteiger partial charge in [-0.3, -0.25) is 4.79 Å². The summed E-state index contributed by atoms with van der Waals surface area (Å²) in [6.07, 6.45) is 0. The Bertz CT molecular complexity index is 172. The summed E-state index contributed by atoms with van der Waals surface area (Å²) in [6, 6.07) is 0. The monoisotopic (exact) mass is 140 g/mol. The first kappa shape index (κ1) is 8.75. The number of likely N-dealkylation sites (N-methyl/N-ethyl adjacent to an activating group) is 1. The molecule has 0 aromatic carbocycles. The summed E-state index contributed by atoms with van der Waals surface area (Å²) in [5, 5.41) is 2.83. The Morgan fingerprint density at radius 3 is 2.40 bits per heavy atom.